The first kappa shape index (κ1) is 14.9. The van der Waals surface area contributed by atoms with Gasteiger partial charge in [0.25, 0.3) is 0 Å². The maximum atomic E-state index is 12.6. The SMILES string of the molecule is CC(C(=O)c1ccc(-c2ccccc2)cc1)N1CCOCC1. The number of nitrogens with zero attached hydrogens (tertiary/aromatic N) is 1. The van der Waals surface area contributed by atoms with Gasteiger partial charge in [-0.3, -0.25) is 9.69 Å². The first-order chi connectivity index (χ1) is 10.8. The molecule has 22 heavy (non-hydrogen) atoms. The lowest BCUT2D eigenvalue weighted by Gasteiger charge is -2.31. The number of Topliss-reactive ketones (excluding diaryl/α,β-unsaturated/α-hetero) is 1. The normalized spacial score (nSPS) is 17.1. The minimum atomic E-state index is -0.0912. The number of ether oxygens (including phenoxy) is 1. The van der Waals surface area contributed by atoms with E-state index in [1.807, 2.05) is 49.4 Å². The van der Waals surface area contributed by atoms with Gasteiger partial charge in [-0.1, -0.05) is 54.6 Å². The second-order valence-corrected chi connectivity index (χ2v) is 5.63. The first-order valence-corrected chi connectivity index (χ1v) is 7.77. The summed E-state index contributed by atoms with van der Waals surface area (Å²) in [7, 11) is 0. The average molecular weight is 295 g/mol. The van der Waals surface area contributed by atoms with E-state index in [0.717, 1.165) is 24.2 Å². The van der Waals surface area contributed by atoms with Crippen LogP contribution >= 0.6 is 0 Å². The Kier molecular flexibility index (Phi) is 4.66. The van der Waals surface area contributed by atoms with Crippen molar-refractivity contribution in [2.24, 2.45) is 0 Å². The van der Waals surface area contributed by atoms with Crippen molar-refractivity contribution in [2.45, 2.75) is 13.0 Å². The number of hydrogen-bond acceptors (Lipinski definition) is 3. The summed E-state index contributed by atoms with van der Waals surface area (Å²) in [4.78, 5) is 14.8. The molecule has 3 nitrogen and oxygen atoms in total. The molecule has 1 saturated heterocycles. The van der Waals surface area contributed by atoms with E-state index >= 15 is 0 Å². The average Bonchev–Trinajstić information content (AvgIpc) is 2.62. The van der Waals surface area contributed by atoms with Gasteiger partial charge in [-0.15, -0.1) is 0 Å². The van der Waals surface area contributed by atoms with Crippen molar-refractivity contribution in [3.05, 3.63) is 60.2 Å². The third-order valence-electron chi connectivity index (χ3n) is 4.25. The van der Waals surface area contributed by atoms with Crippen LogP contribution in [0.3, 0.4) is 0 Å². The third kappa shape index (κ3) is 3.26. The minimum absolute atomic E-state index is 0.0912. The maximum absolute atomic E-state index is 12.6. The van der Waals surface area contributed by atoms with Gasteiger partial charge < -0.3 is 4.74 Å². The molecular formula is C19H21NO2. The van der Waals surface area contributed by atoms with Gasteiger partial charge in [-0.2, -0.15) is 0 Å². The van der Waals surface area contributed by atoms with E-state index < -0.39 is 0 Å². The summed E-state index contributed by atoms with van der Waals surface area (Å²) in [6, 6.07) is 18.0. The van der Waals surface area contributed by atoms with Crippen molar-refractivity contribution in [1.82, 2.24) is 4.90 Å². The predicted molar refractivity (Wildman–Crippen MR) is 88.1 cm³/mol. The number of hydrogen-bond donors (Lipinski definition) is 0. The number of ketones is 1. The number of benzene rings is 2. The predicted octanol–water partition coefficient (Wildman–Crippen LogP) is 3.26. The Bertz CT molecular complexity index is 616. The molecule has 3 rings (SSSR count). The van der Waals surface area contributed by atoms with Gasteiger partial charge in [0.2, 0.25) is 0 Å². The Hall–Kier alpha value is -1.97. The van der Waals surface area contributed by atoms with Crippen LogP contribution < -0.4 is 0 Å². The van der Waals surface area contributed by atoms with Crippen LogP contribution in [0, 0.1) is 0 Å². The van der Waals surface area contributed by atoms with Gasteiger partial charge >= 0.3 is 0 Å². The number of rotatable bonds is 4. The van der Waals surface area contributed by atoms with Gasteiger partial charge in [-0.05, 0) is 18.1 Å². The van der Waals surface area contributed by atoms with E-state index in [4.69, 9.17) is 4.74 Å². The fourth-order valence-electron chi connectivity index (χ4n) is 2.83. The van der Waals surface area contributed by atoms with E-state index in [1.165, 1.54) is 5.56 Å². The summed E-state index contributed by atoms with van der Waals surface area (Å²) in [5, 5.41) is 0. The molecule has 114 valence electrons. The molecule has 1 unspecified atom stereocenters. The van der Waals surface area contributed by atoms with E-state index in [2.05, 4.69) is 17.0 Å². The number of morpholine rings is 1. The Morgan fingerprint density at radius 3 is 2.18 bits per heavy atom. The van der Waals surface area contributed by atoms with Crippen molar-refractivity contribution in [2.75, 3.05) is 26.3 Å². The van der Waals surface area contributed by atoms with Gasteiger partial charge in [-0.25, -0.2) is 0 Å². The smallest absolute Gasteiger partial charge is 0.179 e. The van der Waals surface area contributed by atoms with Crippen molar-refractivity contribution < 1.29 is 9.53 Å². The third-order valence-corrected chi connectivity index (χ3v) is 4.25. The highest BCUT2D eigenvalue weighted by molar-refractivity contribution is 6.00. The topological polar surface area (TPSA) is 29.5 Å². The fraction of sp³-hybridized carbons (Fsp3) is 0.316. The fourth-order valence-corrected chi connectivity index (χ4v) is 2.83. The summed E-state index contributed by atoms with van der Waals surface area (Å²) in [5.41, 5.74) is 3.08. The highest BCUT2D eigenvalue weighted by Gasteiger charge is 2.23. The van der Waals surface area contributed by atoms with E-state index in [-0.39, 0.29) is 11.8 Å². The van der Waals surface area contributed by atoms with Gasteiger partial charge in [0, 0.05) is 18.7 Å². The molecule has 0 aromatic heterocycles. The summed E-state index contributed by atoms with van der Waals surface area (Å²) in [6.07, 6.45) is 0. The molecule has 2 aromatic rings. The van der Waals surface area contributed by atoms with E-state index in [9.17, 15) is 4.79 Å². The molecule has 1 fully saturated rings. The molecule has 1 heterocycles. The van der Waals surface area contributed by atoms with Gasteiger partial charge in [0.15, 0.2) is 5.78 Å². The van der Waals surface area contributed by atoms with Crippen LogP contribution in [0.5, 0.6) is 0 Å². The molecule has 3 heteroatoms. The Morgan fingerprint density at radius 1 is 0.955 bits per heavy atom. The second kappa shape index (κ2) is 6.86. The molecule has 1 aliphatic heterocycles. The first-order valence-electron chi connectivity index (χ1n) is 7.77. The van der Waals surface area contributed by atoms with Crippen molar-refractivity contribution in [1.29, 1.82) is 0 Å². The molecule has 0 aliphatic carbocycles. The molecule has 0 radical (unpaired) electrons. The second-order valence-electron chi connectivity index (χ2n) is 5.63. The maximum Gasteiger partial charge on any atom is 0.179 e. The summed E-state index contributed by atoms with van der Waals surface area (Å²) in [6.45, 7) is 5.07. The molecule has 1 aliphatic rings. The van der Waals surface area contributed by atoms with Gasteiger partial charge in [0.05, 0.1) is 19.3 Å². The lowest BCUT2D eigenvalue weighted by atomic mass is 9.99. The zero-order valence-corrected chi connectivity index (χ0v) is 12.9. The quantitative estimate of drug-likeness (QED) is 0.811. The molecule has 0 bridgehead atoms. The molecule has 0 spiro atoms. The summed E-state index contributed by atoms with van der Waals surface area (Å²) < 4.78 is 5.35. The Morgan fingerprint density at radius 2 is 1.55 bits per heavy atom. The van der Waals surface area contributed by atoms with Crippen molar-refractivity contribution in [3.8, 4) is 11.1 Å². The Labute approximate surface area is 131 Å². The van der Waals surface area contributed by atoms with Crippen LogP contribution in [0.4, 0.5) is 0 Å². The largest absolute Gasteiger partial charge is 0.379 e. The molecule has 0 amide bonds. The summed E-state index contributed by atoms with van der Waals surface area (Å²) >= 11 is 0. The zero-order chi connectivity index (χ0) is 15.4. The monoisotopic (exact) mass is 295 g/mol. The standard InChI is InChI=1S/C19H21NO2/c1-15(20-11-13-22-14-12-20)19(21)18-9-7-17(8-10-18)16-5-3-2-4-6-16/h2-10,15H,11-14H2,1H3. The number of carbonyl (C=O) groups excluding carboxylic acids is 1. The Balaban J connectivity index is 1.73. The van der Waals surface area contributed by atoms with E-state index in [1.54, 1.807) is 0 Å². The van der Waals surface area contributed by atoms with Crippen molar-refractivity contribution in [3.63, 3.8) is 0 Å². The molecule has 1 atom stereocenters. The molecule has 2 aromatic carbocycles. The van der Waals surface area contributed by atoms with Crippen LogP contribution in [0.15, 0.2) is 54.6 Å². The van der Waals surface area contributed by atoms with Crippen LogP contribution in [0.2, 0.25) is 0 Å². The van der Waals surface area contributed by atoms with Crippen LogP contribution in [0.1, 0.15) is 17.3 Å². The van der Waals surface area contributed by atoms with Crippen molar-refractivity contribution >= 4 is 5.78 Å². The zero-order valence-electron chi connectivity index (χ0n) is 12.9. The van der Waals surface area contributed by atoms with Crippen LogP contribution in [-0.4, -0.2) is 43.0 Å². The molecule has 0 N–H and O–H groups in total. The molecule has 0 saturated carbocycles. The highest BCUT2D eigenvalue weighted by Crippen LogP contribution is 2.20. The van der Waals surface area contributed by atoms with Gasteiger partial charge in [0.1, 0.15) is 0 Å². The number of carbonyl (C=O) groups is 1. The van der Waals surface area contributed by atoms with E-state index in [0.29, 0.717) is 13.2 Å². The minimum Gasteiger partial charge on any atom is -0.379 e. The lowest BCUT2D eigenvalue weighted by Crippen LogP contribution is -2.45. The van der Waals surface area contributed by atoms with Crippen LogP contribution in [0.25, 0.3) is 11.1 Å². The van der Waals surface area contributed by atoms with Crippen LogP contribution in [-0.2, 0) is 4.74 Å². The highest BCUT2D eigenvalue weighted by atomic mass is 16.5. The summed E-state index contributed by atoms with van der Waals surface area (Å²) in [5.74, 6) is 0.182. The molecular weight excluding hydrogens is 274 g/mol. The lowest BCUT2D eigenvalue weighted by molar-refractivity contribution is 0.0208.